The first-order valence-corrected chi connectivity index (χ1v) is 18.9. The van der Waals surface area contributed by atoms with Crippen molar-refractivity contribution in [1.29, 1.82) is 0 Å². The van der Waals surface area contributed by atoms with Gasteiger partial charge in [0.15, 0.2) is 0 Å². The monoisotopic (exact) mass is 699 g/mol. The fourth-order valence-electron chi connectivity index (χ4n) is 8.10. The molecular formula is C54H37N. The van der Waals surface area contributed by atoms with Crippen molar-refractivity contribution in [1.82, 2.24) is 0 Å². The molecule has 10 aromatic carbocycles. The molecule has 0 aromatic heterocycles. The first kappa shape index (κ1) is 32.4. The quantitative estimate of drug-likeness (QED) is 0.160. The van der Waals surface area contributed by atoms with Crippen LogP contribution in [0.15, 0.2) is 224 Å². The van der Waals surface area contributed by atoms with Crippen molar-refractivity contribution in [2.24, 2.45) is 0 Å². The molecule has 0 aliphatic rings. The van der Waals surface area contributed by atoms with E-state index in [9.17, 15) is 0 Å². The van der Waals surface area contributed by atoms with E-state index in [2.05, 4.69) is 229 Å². The van der Waals surface area contributed by atoms with Gasteiger partial charge in [-0.05, 0) is 119 Å². The molecule has 1 nitrogen and oxygen atoms in total. The van der Waals surface area contributed by atoms with Crippen LogP contribution in [0.1, 0.15) is 0 Å². The van der Waals surface area contributed by atoms with Gasteiger partial charge in [-0.1, -0.05) is 182 Å². The molecule has 0 amide bonds. The summed E-state index contributed by atoms with van der Waals surface area (Å²) >= 11 is 0. The van der Waals surface area contributed by atoms with Crippen LogP contribution in [0.25, 0.3) is 76.8 Å². The highest BCUT2D eigenvalue weighted by Crippen LogP contribution is 2.43. The molecule has 0 saturated carbocycles. The highest BCUT2D eigenvalue weighted by Gasteiger charge is 2.17. The van der Waals surface area contributed by atoms with Crippen LogP contribution in [0.4, 0.5) is 17.1 Å². The second-order valence-corrected chi connectivity index (χ2v) is 14.1. The van der Waals surface area contributed by atoms with Crippen molar-refractivity contribution in [3.05, 3.63) is 224 Å². The van der Waals surface area contributed by atoms with Gasteiger partial charge in [-0.15, -0.1) is 0 Å². The van der Waals surface area contributed by atoms with E-state index in [1.165, 1.54) is 76.8 Å². The topological polar surface area (TPSA) is 3.24 Å². The second-order valence-electron chi connectivity index (χ2n) is 14.1. The standard InChI is InChI=1S/C54H37N/c1-2-11-38(12-3-1)40-23-30-47(31-24-40)55(48-32-25-41(26-33-48)46-22-21-39-13-4-5-16-45(39)37-46)49-34-27-44(28-35-49)54-51-19-9-7-15-43(51)29-36-53(54)52-20-10-17-42-14-6-8-18-50(42)52/h1-37H. The third-order valence-corrected chi connectivity index (χ3v) is 10.9. The van der Waals surface area contributed by atoms with Crippen molar-refractivity contribution in [3.8, 4) is 44.5 Å². The maximum Gasteiger partial charge on any atom is 0.0462 e. The summed E-state index contributed by atoms with van der Waals surface area (Å²) < 4.78 is 0. The number of hydrogen-bond acceptors (Lipinski definition) is 1. The molecule has 0 saturated heterocycles. The zero-order valence-corrected chi connectivity index (χ0v) is 30.3. The maximum atomic E-state index is 2.36. The Morgan fingerprint density at radius 3 is 1.36 bits per heavy atom. The molecular weight excluding hydrogens is 663 g/mol. The van der Waals surface area contributed by atoms with Crippen molar-refractivity contribution in [2.45, 2.75) is 0 Å². The summed E-state index contributed by atoms with van der Waals surface area (Å²) in [6, 6.07) is 81.4. The van der Waals surface area contributed by atoms with E-state index in [1.807, 2.05) is 0 Å². The van der Waals surface area contributed by atoms with Gasteiger partial charge in [0.2, 0.25) is 0 Å². The first-order valence-electron chi connectivity index (χ1n) is 18.9. The largest absolute Gasteiger partial charge is 0.311 e. The van der Waals surface area contributed by atoms with E-state index in [-0.39, 0.29) is 0 Å². The molecule has 0 fully saturated rings. The Morgan fingerprint density at radius 1 is 0.236 bits per heavy atom. The molecule has 0 bridgehead atoms. The van der Waals surface area contributed by atoms with Gasteiger partial charge in [-0.2, -0.15) is 0 Å². The zero-order valence-electron chi connectivity index (χ0n) is 30.3. The molecule has 0 heterocycles. The fraction of sp³-hybridized carbons (Fsp3) is 0. The molecule has 55 heavy (non-hydrogen) atoms. The van der Waals surface area contributed by atoms with E-state index >= 15 is 0 Å². The number of anilines is 3. The van der Waals surface area contributed by atoms with Crippen LogP contribution in [0.5, 0.6) is 0 Å². The molecule has 0 unspecified atom stereocenters. The molecule has 0 aliphatic heterocycles. The number of nitrogens with zero attached hydrogens (tertiary/aromatic N) is 1. The molecule has 10 rings (SSSR count). The minimum absolute atomic E-state index is 1.10. The lowest BCUT2D eigenvalue weighted by molar-refractivity contribution is 1.28. The second kappa shape index (κ2) is 14.0. The summed E-state index contributed by atoms with van der Waals surface area (Å²) in [4.78, 5) is 2.36. The predicted octanol–water partition coefficient (Wildman–Crippen LogP) is 15.3. The normalized spacial score (nSPS) is 11.3. The summed E-state index contributed by atoms with van der Waals surface area (Å²) in [5.41, 5.74) is 13.0. The number of rotatable bonds is 7. The molecule has 0 spiro atoms. The minimum atomic E-state index is 1.10. The summed E-state index contributed by atoms with van der Waals surface area (Å²) in [6.07, 6.45) is 0. The van der Waals surface area contributed by atoms with Crippen LogP contribution >= 0.6 is 0 Å². The highest BCUT2D eigenvalue weighted by atomic mass is 15.1. The van der Waals surface area contributed by atoms with E-state index in [0.29, 0.717) is 0 Å². The van der Waals surface area contributed by atoms with E-state index in [4.69, 9.17) is 0 Å². The Balaban J connectivity index is 1.08. The van der Waals surface area contributed by atoms with Crippen LogP contribution in [-0.2, 0) is 0 Å². The third-order valence-electron chi connectivity index (χ3n) is 10.9. The van der Waals surface area contributed by atoms with Crippen molar-refractivity contribution in [3.63, 3.8) is 0 Å². The molecule has 1 heteroatoms. The summed E-state index contributed by atoms with van der Waals surface area (Å²) in [7, 11) is 0. The lowest BCUT2D eigenvalue weighted by atomic mass is 9.88. The maximum absolute atomic E-state index is 2.36. The van der Waals surface area contributed by atoms with Gasteiger partial charge in [0.25, 0.3) is 0 Å². The van der Waals surface area contributed by atoms with Crippen LogP contribution in [0.2, 0.25) is 0 Å². The highest BCUT2D eigenvalue weighted by molar-refractivity contribution is 6.08. The minimum Gasteiger partial charge on any atom is -0.311 e. The van der Waals surface area contributed by atoms with Crippen LogP contribution < -0.4 is 4.90 Å². The van der Waals surface area contributed by atoms with E-state index in [0.717, 1.165) is 17.1 Å². The average molecular weight is 700 g/mol. The van der Waals surface area contributed by atoms with Crippen LogP contribution in [0, 0.1) is 0 Å². The van der Waals surface area contributed by atoms with Gasteiger partial charge >= 0.3 is 0 Å². The average Bonchev–Trinajstić information content (AvgIpc) is 3.27. The first-order chi connectivity index (χ1) is 27.3. The summed E-state index contributed by atoms with van der Waals surface area (Å²) in [5.74, 6) is 0. The van der Waals surface area contributed by atoms with Crippen molar-refractivity contribution >= 4 is 49.4 Å². The predicted molar refractivity (Wildman–Crippen MR) is 235 cm³/mol. The lowest BCUT2D eigenvalue weighted by Crippen LogP contribution is -2.09. The molecule has 0 atom stereocenters. The Kier molecular flexibility index (Phi) is 8.24. The Morgan fingerprint density at radius 2 is 0.691 bits per heavy atom. The zero-order chi connectivity index (χ0) is 36.6. The Bertz CT molecular complexity index is 2940. The van der Waals surface area contributed by atoms with E-state index in [1.54, 1.807) is 0 Å². The van der Waals surface area contributed by atoms with Crippen LogP contribution in [0.3, 0.4) is 0 Å². The number of fused-ring (bicyclic) bond motifs is 3. The summed E-state index contributed by atoms with van der Waals surface area (Å²) in [6.45, 7) is 0. The smallest absolute Gasteiger partial charge is 0.0462 e. The van der Waals surface area contributed by atoms with Crippen molar-refractivity contribution < 1.29 is 0 Å². The molecule has 0 aliphatic carbocycles. The van der Waals surface area contributed by atoms with E-state index < -0.39 is 0 Å². The third kappa shape index (κ3) is 6.12. The molecule has 0 N–H and O–H groups in total. The van der Waals surface area contributed by atoms with Crippen LogP contribution in [-0.4, -0.2) is 0 Å². The Hall–Kier alpha value is -7.22. The van der Waals surface area contributed by atoms with Gasteiger partial charge in [0, 0.05) is 17.1 Å². The lowest BCUT2D eigenvalue weighted by Gasteiger charge is -2.26. The van der Waals surface area contributed by atoms with Gasteiger partial charge in [-0.3, -0.25) is 0 Å². The van der Waals surface area contributed by atoms with Gasteiger partial charge < -0.3 is 4.90 Å². The van der Waals surface area contributed by atoms with Gasteiger partial charge in [0.1, 0.15) is 0 Å². The Labute approximate surface area is 322 Å². The number of hydrogen-bond donors (Lipinski definition) is 0. The molecule has 258 valence electrons. The molecule has 0 radical (unpaired) electrons. The van der Waals surface area contributed by atoms with Gasteiger partial charge in [0.05, 0.1) is 0 Å². The molecule has 10 aromatic rings. The van der Waals surface area contributed by atoms with Crippen molar-refractivity contribution in [2.75, 3.05) is 4.90 Å². The summed E-state index contributed by atoms with van der Waals surface area (Å²) in [5, 5.41) is 7.49. The SMILES string of the molecule is c1ccc(-c2ccc(N(c3ccc(-c4ccc5ccccc5c4)cc3)c3ccc(-c4c(-c5cccc6ccccc56)ccc5ccccc45)cc3)cc2)cc1. The fourth-order valence-corrected chi connectivity index (χ4v) is 8.10. The number of benzene rings is 10. The van der Waals surface area contributed by atoms with Gasteiger partial charge in [-0.25, -0.2) is 0 Å².